The zero-order valence-electron chi connectivity index (χ0n) is 24.4. The van der Waals surface area contributed by atoms with E-state index in [0.29, 0.717) is 23.5 Å². The van der Waals surface area contributed by atoms with Gasteiger partial charge in [-0.1, -0.05) is 96.1 Å². The van der Waals surface area contributed by atoms with Gasteiger partial charge in [0.25, 0.3) is 0 Å². The van der Waals surface area contributed by atoms with Crippen LogP contribution in [0.4, 0.5) is 11.4 Å². The van der Waals surface area contributed by atoms with Crippen molar-refractivity contribution in [3.8, 4) is 5.75 Å². The molecule has 0 aliphatic heterocycles. The van der Waals surface area contributed by atoms with Crippen LogP contribution in [0.25, 0.3) is 0 Å². The number of rotatable bonds is 21. The molecule has 0 aliphatic carbocycles. The Morgan fingerprint density at radius 1 is 0.700 bits per heavy atom. The number of aliphatic carboxylic acids is 1. The molecule has 2 aromatic rings. The predicted molar refractivity (Wildman–Crippen MR) is 162 cm³/mol. The van der Waals surface area contributed by atoms with Crippen molar-refractivity contribution in [2.75, 3.05) is 17.7 Å². The summed E-state index contributed by atoms with van der Waals surface area (Å²) in [6.07, 6.45) is 17.1. The molecule has 0 spiro atoms. The lowest BCUT2D eigenvalue weighted by molar-refractivity contribution is -0.145. The summed E-state index contributed by atoms with van der Waals surface area (Å²) in [5.74, 6) is -2.37. The van der Waals surface area contributed by atoms with Crippen LogP contribution in [0.3, 0.4) is 0 Å². The standard InChI is InChI=1S/C33H48N2O5/c1-3-4-5-6-7-8-9-10-11-12-13-14-15-16-31(36)34-27-19-21-28(22-20-27)35-32(37)30(33(38)39)25-26-17-23-29(40-2)24-18-26/h17-24,30H,3-16,25H2,1-2H3,(H,34,36)(H,35,37)(H,38,39). The zero-order valence-corrected chi connectivity index (χ0v) is 24.4. The third-order valence-electron chi connectivity index (χ3n) is 7.16. The van der Waals surface area contributed by atoms with E-state index in [-0.39, 0.29) is 12.3 Å². The maximum absolute atomic E-state index is 12.7. The van der Waals surface area contributed by atoms with Crippen LogP contribution in [0.2, 0.25) is 0 Å². The van der Waals surface area contributed by atoms with Gasteiger partial charge in [-0.3, -0.25) is 14.4 Å². The smallest absolute Gasteiger partial charge is 0.316 e. The van der Waals surface area contributed by atoms with E-state index in [1.807, 2.05) is 0 Å². The number of carbonyl (C=O) groups excluding carboxylic acids is 2. The summed E-state index contributed by atoms with van der Waals surface area (Å²) >= 11 is 0. The van der Waals surface area contributed by atoms with Gasteiger partial charge in [0.1, 0.15) is 11.7 Å². The minimum Gasteiger partial charge on any atom is -0.497 e. The predicted octanol–water partition coefficient (Wildman–Crippen LogP) is 8.00. The van der Waals surface area contributed by atoms with E-state index in [4.69, 9.17) is 4.74 Å². The number of benzene rings is 2. The maximum Gasteiger partial charge on any atom is 0.316 e. The number of carboxylic acid groups (broad SMARTS) is 1. The number of carbonyl (C=O) groups is 3. The molecule has 40 heavy (non-hydrogen) atoms. The second-order valence-corrected chi connectivity index (χ2v) is 10.6. The zero-order chi connectivity index (χ0) is 29.0. The third kappa shape index (κ3) is 13.6. The quantitative estimate of drug-likeness (QED) is 0.107. The number of amides is 2. The Hall–Kier alpha value is -3.35. The lowest BCUT2D eigenvalue weighted by atomic mass is 9.98. The molecule has 7 nitrogen and oxygen atoms in total. The van der Waals surface area contributed by atoms with E-state index >= 15 is 0 Å². The van der Waals surface area contributed by atoms with E-state index in [9.17, 15) is 19.5 Å². The van der Waals surface area contributed by atoms with Gasteiger partial charge in [0.15, 0.2) is 0 Å². The van der Waals surface area contributed by atoms with Crippen molar-refractivity contribution in [2.45, 2.75) is 103 Å². The molecule has 2 aromatic carbocycles. The molecule has 0 heterocycles. The largest absolute Gasteiger partial charge is 0.497 e. The molecule has 2 rings (SSSR count). The molecule has 3 N–H and O–H groups in total. The Morgan fingerprint density at radius 2 is 1.18 bits per heavy atom. The van der Waals surface area contributed by atoms with Crippen LogP contribution in [0.15, 0.2) is 48.5 Å². The molecule has 7 heteroatoms. The van der Waals surface area contributed by atoms with E-state index in [2.05, 4.69) is 17.6 Å². The molecule has 1 atom stereocenters. The summed E-state index contributed by atoms with van der Waals surface area (Å²) in [6.45, 7) is 2.25. The van der Waals surface area contributed by atoms with Crippen LogP contribution >= 0.6 is 0 Å². The van der Waals surface area contributed by atoms with Gasteiger partial charge in [-0.2, -0.15) is 0 Å². The first-order valence-corrected chi connectivity index (χ1v) is 15.0. The first-order chi connectivity index (χ1) is 19.4. The molecule has 0 radical (unpaired) electrons. The number of carboxylic acids is 1. The SMILES string of the molecule is CCCCCCCCCCCCCCCC(=O)Nc1ccc(NC(=O)C(Cc2ccc(OC)cc2)C(=O)O)cc1. The Bertz CT molecular complexity index is 1000. The van der Waals surface area contributed by atoms with Gasteiger partial charge in [0, 0.05) is 17.8 Å². The van der Waals surface area contributed by atoms with Crippen molar-refractivity contribution in [1.29, 1.82) is 0 Å². The summed E-state index contributed by atoms with van der Waals surface area (Å²) < 4.78 is 5.12. The van der Waals surface area contributed by atoms with Crippen molar-refractivity contribution in [2.24, 2.45) is 5.92 Å². The third-order valence-corrected chi connectivity index (χ3v) is 7.16. The molecule has 2 amide bonds. The topological polar surface area (TPSA) is 105 Å². The lowest BCUT2D eigenvalue weighted by Gasteiger charge is -2.14. The van der Waals surface area contributed by atoms with Gasteiger partial charge < -0.3 is 20.5 Å². The van der Waals surface area contributed by atoms with Crippen LogP contribution < -0.4 is 15.4 Å². The minimum absolute atomic E-state index is 0.0229. The Morgan fingerprint density at radius 3 is 1.65 bits per heavy atom. The Kier molecular flexibility index (Phi) is 16.2. The van der Waals surface area contributed by atoms with E-state index in [0.717, 1.165) is 18.4 Å². The number of anilines is 2. The van der Waals surface area contributed by atoms with Crippen molar-refractivity contribution in [1.82, 2.24) is 0 Å². The molecular weight excluding hydrogens is 504 g/mol. The van der Waals surface area contributed by atoms with Crippen molar-refractivity contribution >= 4 is 29.2 Å². The molecule has 0 aromatic heterocycles. The summed E-state index contributed by atoms with van der Waals surface area (Å²) in [7, 11) is 1.56. The highest BCUT2D eigenvalue weighted by Crippen LogP contribution is 2.19. The number of nitrogens with one attached hydrogen (secondary N) is 2. The summed E-state index contributed by atoms with van der Waals surface area (Å²) in [5, 5.41) is 15.1. The fourth-order valence-corrected chi connectivity index (χ4v) is 4.68. The van der Waals surface area contributed by atoms with Gasteiger partial charge in [-0.25, -0.2) is 0 Å². The Balaban J connectivity index is 1.62. The second kappa shape index (κ2) is 19.7. The van der Waals surface area contributed by atoms with Crippen LogP contribution in [-0.2, 0) is 20.8 Å². The lowest BCUT2D eigenvalue weighted by Crippen LogP contribution is -2.31. The average molecular weight is 553 g/mol. The minimum atomic E-state index is -1.23. The highest BCUT2D eigenvalue weighted by Gasteiger charge is 2.26. The van der Waals surface area contributed by atoms with Crippen molar-refractivity contribution in [3.63, 3.8) is 0 Å². The highest BCUT2D eigenvalue weighted by molar-refractivity contribution is 6.04. The molecule has 0 bridgehead atoms. The molecule has 220 valence electrons. The summed E-state index contributed by atoms with van der Waals surface area (Å²) in [5.41, 5.74) is 1.84. The van der Waals surface area contributed by atoms with Gasteiger partial charge in [0.2, 0.25) is 11.8 Å². The number of hydrogen-bond donors (Lipinski definition) is 3. The monoisotopic (exact) mass is 552 g/mol. The van der Waals surface area contributed by atoms with Crippen molar-refractivity contribution in [3.05, 3.63) is 54.1 Å². The van der Waals surface area contributed by atoms with Crippen LogP contribution in [0.1, 0.15) is 102 Å². The van der Waals surface area contributed by atoms with Gasteiger partial charge in [-0.15, -0.1) is 0 Å². The summed E-state index contributed by atoms with van der Waals surface area (Å²) in [6, 6.07) is 13.7. The van der Waals surface area contributed by atoms with Gasteiger partial charge >= 0.3 is 5.97 Å². The first kappa shape index (κ1) is 32.9. The van der Waals surface area contributed by atoms with Gasteiger partial charge in [0.05, 0.1) is 7.11 Å². The van der Waals surface area contributed by atoms with E-state index in [1.54, 1.807) is 55.6 Å². The second-order valence-electron chi connectivity index (χ2n) is 10.6. The maximum atomic E-state index is 12.7. The molecule has 0 saturated carbocycles. The first-order valence-electron chi connectivity index (χ1n) is 15.0. The molecule has 0 saturated heterocycles. The Labute approximate surface area is 240 Å². The van der Waals surface area contributed by atoms with Gasteiger partial charge in [-0.05, 0) is 54.8 Å². The van der Waals surface area contributed by atoms with Crippen LogP contribution in [0.5, 0.6) is 5.75 Å². The molecule has 0 aliphatic rings. The fourth-order valence-electron chi connectivity index (χ4n) is 4.68. The normalized spacial score (nSPS) is 11.6. The van der Waals surface area contributed by atoms with E-state index < -0.39 is 17.8 Å². The molecule has 1 unspecified atom stereocenters. The number of unbranched alkanes of at least 4 members (excludes halogenated alkanes) is 12. The van der Waals surface area contributed by atoms with Crippen molar-refractivity contribution < 1.29 is 24.2 Å². The number of ether oxygens (including phenoxy) is 1. The summed E-state index contributed by atoms with van der Waals surface area (Å²) in [4.78, 5) is 36.7. The highest BCUT2D eigenvalue weighted by atomic mass is 16.5. The van der Waals surface area contributed by atoms with E-state index in [1.165, 1.54) is 70.6 Å². The number of methoxy groups -OCH3 is 1. The van der Waals surface area contributed by atoms with Crippen LogP contribution in [-0.4, -0.2) is 30.0 Å². The van der Waals surface area contributed by atoms with Crippen LogP contribution in [0, 0.1) is 5.92 Å². The molecular formula is C33H48N2O5. The molecule has 0 fully saturated rings. The fraction of sp³-hybridized carbons (Fsp3) is 0.545. The average Bonchev–Trinajstić information content (AvgIpc) is 2.95. The number of hydrogen-bond acceptors (Lipinski definition) is 4.